The van der Waals surface area contributed by atoms with E-state index in [1.54, 1.807) is 0 Å². The average molecular weight is 283 g/mol. The third-order valence-electron chi connectivity index (χ3n) is 8.44. The lowest BCUT2D eigenvalue weighted by Crippen LogP contribution is -2.58. The van der Waals surface area contributed by atoms with Crippen molar-refractivity contribution in [1.29, 1.82) is 0 Å². The van der Waals surface area contributed by atoms with E-state index in [0.717, 1.165) is 0 Å². The Morgan fingerprint density at radius 1 is 0.250 bits per heavy atom. The molecule has 0 aromatic carbocycles. The van der Waals surface area contributed by atoms with Crippen molar-refractivity contribution in [3.05, 3.63) is 0 Å². The second kappa shape index (κ2) is 4.75. The molecule has 0 aliphatic heterocycles. The Morgan fingerprint density at radius 3 is 0.500 bits per heavy atom. The summed E-state index contributed by atoms with van der Waals surface area (Å²) >= 11 is 0. The zero-order chi connectivity index (χ0) is 17.0. The molecule has 0 saturated heterocycles. The van der Waals surface area contributed by atoms with Crippen molar-refractivity contribution in [2.75, 3.05) is 0 Å². The van der Waals surface area contributed by atoms with Gasteiger partial charge in [-0.25, -0.2) is 0 Å². The summed E-state index contributed by atoms with van der Waals surface area (Å²) in [5.74, 6) is 0. The lowest BCUT2D eigenvalue weighted by Gasteiger charge is -2.65. The average Bonchev–Trinajstić information content (AvgIpc) is 2.12. The highest BCUT2D eigenvalue weighted by Gasteiger charge is 2.59. The van der Waals surface area contributed by atoms with Crippen LogP contribution in [0.25, 0.3) is 0 Å². The fourth-order valence-corrected chi connectivity index (χ4v) is 3.44. The second-order valence-corrected chi connectivity index (χ2v) is 11.0. The standard InChI is InChI=1S/C20H42/c1-15(2,3)17(7,8)19(11,12)20(13,14)18(9,10)16(4,5)6/h1-14H3. The fraction of sp³-hybridized carbons (Fsp3) is 1.00. The van der Waals surface area contributed by atoms with Gasteiger partial charge in [-0.2, -0.15) is 0 Å². The van der Waals surface area contributed by atoms with E-state index >= 15 is 0 Å². The maximum atomic E-state index is 2.48. The van der Waals surface area contributed by atoms with Crippen LogP contribution < -0.4 is 0 Å². The van der Waals surface area contributed by atoms with E-state index < -0.39 is 0 Å². The van der Waals surface area contributed by atoms with Crippen LogP contribution in [0.4, 0.5) is 0 Å². The summed E-state index contributed by atoms with van der Waals surface area (Å²) in [5, 5.41) is 0. The predicted octanol–water partition coefficient (Wildman–Crippen LogP) is 7.18. The first kappa shape index (κ1) is 20.0. The molecule has 0 nitrogen and oxygen atoms in total. The van der Waals surface area contributed by atoms with Gasteiger partial charge in [0.1, 0.15) is 0 Å². The van der Waals surface area contributed by atoms with E-state index in [-0.39, 0.29) is 32.5 Å². The summed E-state index contributed by atoms with van der Waals surface area (Å²) in [6.45, 7) is 34.0. The normalized spacial score (nSPS) is 16.5. The van der Waals surface area contributed by atoms with E-state index in [9.17, 15) is 0 Å². The molecule has 0 spiro atoms. The molecule has 0 bridgehead atoms. The summed E-state index contributed by atoms with van der Waals surface area (Å²) in [6, 6.07) is 0. The van der Waals surface area contributed by atoms with Crippen LogP contribution in [-0.2, 0) is 0 Å². The van der Waals surface area contributed by atoms with E-state index in [1.807, 2.05) is 0 Å². The Morgan fingerprint density at radius 2 is 0.400 bits per heavy atom. The van der Waals surface area contributed by atoms with Crippen LogP contribution in [0, 0.1) is 32.5 Å². The molecule has 0 aromatic rings. The van der Waals surface area contributed by atoms with Crippen LogP contribution in [0.2, 0.25) is 0 Å². The lowest BCUT2D eigenvalue weighted by atomic mass is 9.40. The summed E-state index contributed by atoms with van der Waals surface area (Å²) in [5.41, 5.74) is 1.48. The Kier molecular flexibility index (Phi) is 4.75. The molecule has 0 N–H and O–H groups in total. The summed E-state index contributed by atoms with van der Waals surface area (Å²) < 4.78 is 0. The van der Waals surface area contributed by atoms with Crippen molar-refractivity contribution in [2.45, 2.75) is 96.9 Å². The van der Waals surface area contributed by atoms with Gasteiger partial charge in [-0.1, -0.05) is 96.9 Å². The van der Waals surface area contributed by atoms with Gasteiger partial charge in [-0.05, 0) is 32.5 Å². The highest BCUT2D eigenvalue weighted by Crippen LogP contribution is 2.66. The molecule has 20 heavy (non-hydrogen) atoms. The van der Waals surface area contributed by atoms with Gasteiger partial charge in [0, 0.05) is 0 Å². The van der Waals surface area contributed by atoms with Crippen LogP contribution in [0.15, 0.2) is 0 Å². The molecule has 0 atom stereocenters. The van der Waals surface area contributed by atoms with Crippen LogP contribution in [0.5, 0.6) is 0 Å². The molecule has 0 aromatic heterocycles. The third kappa shape index (κ3) is 2.57. The third-order valence-corrected chi connectivity index (χ3v) is 8.44. The Bertz CT molecular complexity index is 301. The van der Waals surface area contributed by atoms with E-state index in [4.69, 9.17) is 0 Å². The van der Waals surface area contributed by atoms with Gasteiger partial charge in [-0.3, -0.25) is 0 Å². The Labute approximate surface area is 130 Å². The highest BCUT2D eigenvalue weighted by atomic mass is 14.6. The molecule has 0 saturated carbocycles. The SMILES string of the molecule is CC(C)(C)C(C)(C)C(C)(C)C(C)(C)C(C)(C)C(C)(C)C. The zero-order valence-corrected chi connectivity index (χ0v) is 17.0. The van der Waals surface area contributed by atoms with Crippen molar-refractivity contribution >= 4 is 0 Å². The minimum absolute atomic E-state index is 0.217. The topological polar surface area (TPSA) is 0 Å². The van der Waals surface area contributed by atoms with Gasteiger partial charge in [-0.15, -0.1) is 0 Å². The second-order valence-electron chi connectivity index (χ2n) is 11.0. The number of rotatable bonds is 3. The maximum Gasteiger partial charge on any atom is -0.0241 e. The van der Waals surface area contributed by atoms with Crippen LogP contribution in [-0.4, -0.2) is 0 Å². The van der Waals surface area contributed by atoms with Crippen molar-refractivity contribution in [3.8, 4) is 0 Å². The first-order valence-corrected chi connectivity index (χ1v) is 8.25. The Hall–Kier alpha value is 0. The number of hydrogen-bond donors (Lipinski definition) is 0. The van der Waals surface area contributed by atoms with Crippen molar-refractivity contribution in [3.63, 3.8) is 0 Å². The molecule has 0 unspecified atom stereocenters. The fourth-order valence-electron chi connectivity index (χ4n) is 3.44. The molecule has 0 fully saturated rings. The minimum Gasteiger partial charge on any atom is -0.0596 e. The van der Waals surface area contributed by atoms with E-state index in [0.29, 0.717) is 0 Å². The van der Waals surface area contributed by atoms with Crippen LogP contribution in [0.1, 0.15) is 96.9 Å². The molecular formula is C20H42. The Balaban J connectivity index is 6.08. The van der Waals surface area contributed by atoms with Gasteiger partial charge >= 0.3 is 0 Å². The molecule has 0 aliphatic rings. The molecule has 0 heteroatoms. The number of hydrogen-bond acceptors (Lipinski definition) is 0. The quantitative estimate of drug-likeness (QED) is 0.514. The minimum atomic E-state index is 0.217. The molecule has 0 heterocycles. The lowest BCUT2D eigenvalue weighted by molar-refractivity contribution is -0.166. The van der Waals surface area contributed by atoms with Crippen molar-refractivity contribution < 1.29 is 0 Å². The monoisotopic (exact) mass is 282 g/mol. The van der Waals surface area contributed by atoms with Gasteiger partial charge in [0.05, 0.1) is 0 Å². The largest absolute Gasteiger partial charge is 0.0596 e. The first-order chi connectivity index (χ1) is 8.25. The van der Waals surface area contributed by atoms with Crippen LogP contribution in [0.3, 0.4) is 0 Å². The van der Waals surface area contributed by atoms with Gasteiger partial charge in [0.15, 0.2) is 0 Å². The zero-order valence-electron chi connectivity index (χ0n) is 17.0. The molecule has 0 radical (unpaired) electrons. The van der Waals surface area contributed by atoms with Gasteiger partial charge < -0.3 is 0 Å². The van der Waals surface area contributed by atoms with Crippen LogP contribution >= 0.6 is 0 Å². The molecular weight excluding hydrogens is 240 g/mol. The predicted molar refractivity (Wildman–Crippen MR) is 94.0 cm³/mol. The summed E-state index contributed by atoms with van der Waals surface area (Å²) in [4.78, 5) is 0. The summed E-state index contributed by atoms with van der Waals surface area (Å²) in [7, 11) is 0. The van der Waals surface area contributed by atoms with Gasteiger partial charge in [0.25, 0.3) is 0 Å². The van der Waals surface area contributed by atoms with Crippen molar-refractivity contribution in [1.82, 2.24) is 0 Å². The molecule has 0 amide bonds. The van der Waals surface area contributed by atoms with E-state index in [1.165, 1.54) is 0 Å². The van der Waals surface area contributed by atoms with E-state index in [2.05, 4.69) is 96.9 Å². The molecule has 0 rings (SSSR count). The van der Waals surface area contributed by atoms with Gasteiger partial charge in [0.2, 0.25) is 0 Å². The first-order valence-electron chi connectivity index (χ1n) is 8.25. The summed E-state index contributed by atoms with van der Waals surface area (Å²) in [6.07, 6.45) is 0. The smallest absolute Gasteiger partial charge is 0.0241 e. The maximum absolute atomic E-state index is 2.48. The molecule has 122 valence electrons. The highest BCUT2D eigenvalue weighted by molar-refractivity contribution is 5.08. The van der Waals surface area contributed by atoms with Crippen molar-refractivity contribution in [2.24, 2.45) is 32.5 Å². The molecule has 0 aliphatic carbocycles.